The van der Waals surface area contributed by atoms with Crippen LogP contribution in [0.2, 0.25) is 0 Å². The van der Waals surface area contributed by atoms with E-state index in [2.05, 4.69) is 109 Å². The Bertz CT molecular complexity index is 1220. The van der Waals surface area contributed by atoms with E-state index in [0.29, 0.717) is 0 Å². The fraction of sp³-hybridized carbons (Fsp3) is 0.0714. The molecule has 0 N–H and O–H groups in total. The van der Waals surface area contributed by atoms with Crippen molar-refractivity contribution in [2.24, 2.45) is 0 Å². The smallest absolute Gasteiger partial charge is 0.109 e. The minimum Gasteiger partial charge on any atom is -0.356 e. The summed E-state index contributed by atoms with van der Waals surface area (Å²) < 4.78 is 6.95. The van der Waals surface area contributed by atoms with Gasteiger partial charge in [0, 0.05) is 0 Å². The Balaban J connectivity index is 1.74. The summed E-state index contributed by atoms with van der Waals surface area (Å²) in [5.74, 6) is 0. The van der Waals surface area contributed by atoms with Crippen LogP contribution < -0.4 is 0 Å². The Morgan fingerprint density at radius 2 is 0.862 bits per heavy atom. The molecule has 0 bridgehead atoms. The van der Waals surface area contributed by atoms with Crippen LogP contribution in [0.3, 0.4) is 0 Å². The second-order valence-electron chi connectivity index (χ2n) is 7.67. The summed E-state index contributed by atoms with van der Waals surface area (Å²) in [5, 5.41) is 5.15. The van der Waals surface area contributed by atoms with E-state index >= 15 is 0 Å². The molecule has 1 nitrogen and oxygen atoms in total. The highest BCUT2D eigenvalue weighted by molar-refractivity contribution is 6.11. The maximum Gasteiger partial charge on any atom is 0.109 e. The fourth-order valence-electron chi connectivity index (χ4n) is 4.70. The minimum atomic E-state index is -0.122. The highest BCUT2D eigenvalue weighted by atomic mass is 16.5. The predicted octanol–water partition coefficient (Wildman–Crippen LogP) is 7.20. The van der Waals surface area contributed by atoms with Crippen LogP contribution in [0.15, 0.2) is 109 Å². The van der Waals surface area contributed by atoms with Crippen molar-refractivity contribution >= 4 is 21.5 Å². The lowest BCUT2D eigenvalue weighted by atomic mass is 9.90. The largest absolute Gasteiger partial charge is 0.356 e. The summed E-state index contributed by atoms with van der Waals surface area (Å²) in [5.41, 5.74) is 4.85. The quantitative estimate of drug-likeness (QED) is 0.298. The number of hydrogen-bond donors (Lipinski definition) is 0. The van der Waals surface area contributed by atoms with Crippen molar-refractivity contribution < 1.29 is 4.74 Å². The topological polar surface area (TPSA) is 9.23 Å². The lowest BCUT2D eigenvalue weighted by Gasteiger charge is -2.25. The molecule has 0 saturated carbocycles. The molecule has 29 heavy (non-hydrogen) atoms. The summed E-state index contributed by atoms with van der Waals surface area (Å²) in [7, 11) is 0. The Morgan fingerprint density at radius 1 is 0.414 bits per heavy atom. The minimum absolute atomic E-state index is 0.122. The molecule has 0 fully saturated rings. The van der Waals surface area contributed by atoms with E-state index in [4.69, 9.17) is 4.74 Å². The molecule has 5 aromatic carbocycles. The second kappa shape index (κ2) is 6.58. The third-order valence-electron chi connectivity index (χ3n) is 5.99. The van der Waals surface area contributed by atoms with Gasteiger partial charge in [-0.15, -0.1) is 0 Å². The Kier molecular flexibility index (Phi) is 3.75. The Hall–Kier alpha value is -3.42. The van der Waals surface area contributed by atoms with Gasteiger partial charge in [0.2, 0.25) is 0 Å². The number of rotatable bonds is 2. The maximum absolute atomic E-state index is 6.95. The SMILES string of the molecule is c1ccc([C@H]2O[C@H](c3ccccc3)c3cccc4ccc5cccc2c5c34)cc1. The zero-order chi connectivity index (χ0) is 19.2. The summed E-state index contributed by atoms with van der Waals surface area (Å²) >= 11 is 0. The first kappa shape index (κ1) is 16.5. The van der Waals surface area contributed by atoms with Gasteiger partial charge < -0.3 is 4.74 Å². The number of hydrogen-bond acceptors (Lipinski definition) is 1. The maximum atomic E-state index is 6.95. The molecule has 1 aliphatic rings. The van der Waals surface area contributed by atoms with E-state index < -0.39 is 0 Å². The van der Waals surface area contributed by atoms with E-state index in [0.717, 1.165) is 0 Å². The molecule has 0 aliphatic carbocycles. The molecule has 6 rings (SSSR count). The molecule has 2 atom stereocenters. The van der Waals surface area contributed by atoms with E-state index in [-0.39, 0.29) is 12.2 Å². The van der Waals surface area contributed by atoms with E-state index in [1.165, 1.54) is 43.8 Å². The summed E-state index contributed by atoms with van der Waals surface area (Å²) in [6.45, 7) is 0. The zero-order valence-corrected chi connectivity index (χ0v) is 16.0. The van der Waals surface area contributed by atoms with E-state index in [9.17, 15) is 0 Å². The van der Waals surface area contributed by atoms with Gasteiger partial charge in [0.1, 0.15) is 12.2 Å². The highest BCUT2D eigenvalue weighted by Gasteiger charge is 2.29. The molecular formula is C28H20O. The highest BCUT2D eigenvalue weighted by Crippen LogP contribution is 2.46. The molecule has 0 spiro atoms. The second-order valence-corrected chi connectivity index (χ2v) is 7.67. The van der Waals surface area contributed by atoms with E-state index in [1.54, 1.807) is 0 Å². The zero-order valence-electron chi connectivity index (χ0n) is 16.0. The Morgan fingerprint density at radius 3 is 1.31 bits per heavy atom. The van der Waals surface area contributed by atoms with Gasteiger partial charge in [-0.1, -0.05) is 109 Å². The van der Waals surface area contributed by atoms with Crippen molar-refractivity contribution in [1.29, 1.82) is 0 Å². The van der Waals surface area contributed by atoms with Gasteiger partial charge >= 0.3 is 0 Å². The first-order valence-corrected chi connectivity index (χ1v) is 10.1. The Labute approximate surface area is 170 Å². The third-order valence-corrected chi connectivity index (χ3v) is 5.99. The first-order valence-electron chi connectivity index (χ1n) is 10.1. The molecule has 0 radical (unpaired) electrons. The molecular weight excluding hydrogens is 352 g/mol. The molecule has 1 aliphatic heterocycles. The van der Waals surface area contributed by atoms with Crippen LogP contribution >= 0.6 is 0 Å². The lowest BCUT2D eigenvalue weighted by molar-refractivity contribution is 0.0336. The molecule has 1 heterocycles. The molecule has 0 unspecified atom stereocenters. The van der Waals surface area contributed by atoms with Gasteiger partial charge in [0.05, 0.1) is 0 Å². The van der Waals surface area contributed by atoms with Crippen molar-refractivity contribution in [3.8, 4) is 0 Å². The fourth-order valence-corrected chi connectivity index (χ4v) is 4.70. The van der Waals surface area contributed by atoms with Crippen molar-refractivity contribution in [3.63, 3.8) is 0 Å². The van der Waals surface area contributed by atoms with Crippen LogP contribution in [-0.2, 0) is 4.74 Å². The molecule has 5 aromatic rings. The summed E-state index contributed by atoms with van der Waals surface area (Å²) in [4.78, 5) is 0. The van der Waals surface area contributed by atoms with Gasteiger partial charge in [0.25, 0.3) is 0 Å². The average Bonchev–Trinajstić information content (AvgIpc) is 2.95. The van der Waals surface area contributed by atoms with Gasteiger partial charge in [-0.3, -0.25) is 0 Å². The number of ether oxygens (including phenoxy) is 1. The molecule has 0 saturated heterocycles. The van der Waals surface area contributed by atoms with Crippen LogP contribution in [0.5, 0.6) is 0 Å². The van der Waals surface area contributed by atoms with Crippen molar-refractivity contribution in [1.82, 2.24) is 0 Å². The van der Waals surface area contributed by atoms with Gasteiger partial charge in [-0.25, -0.2) is 0 Å². The third kappa shape index (κ3) is 2.59. The molecule has 0 amide bonds. The van der Waals surface area contributed by atoms with Crippen molar-refractivity contribution in [3.05, 3.63) is 131 Å². The average molecular weight is 372 g/mol. The molecule has 138 valence electrons. The van der Waals surface area contributed by atoms with E-state index in [1.807, 2.05) is 0 Å². The number of benzene rings is 5. The first-order chi connectivity index (χ1) is 14.4. The van der Waals surface area contributed by atoms with Crippen LogP contribution in [0.25, 0.3) is 21.5 Å². The van der Waals surface area contributed by atoms with Crippen LogP contribution in [0.1, 0.15) is 34.5 Å². The normalized spacial score (nSPS) is 18.2. The van der Waals surface area contributed by atoms with Gasteiger partial charge in [0.15, 0.2) is 0 Å². The lowest BCUT2D eigenvalue weighted by Crippen LogP contribution is -2.11. The van der Waals surface area contributed by atoms with Crippen molar-refractivity contribution in [2.45, 2.75) is 12.2 Å². The predicted molar refractivity (Wildman–Crippen MR) is 119 cm³/mol. The summed E-state index contributed by atoms with van der Waals surface area (Å²) in [6, 6.07) is 38.8. The van der Waals surface area contributed by atoms with Crippen molar-refractivity contribution in [2.75, 3.05) is 0 Å². The molecule has 0 aromatic heterocycles. The summed E-state index contributed by atoms with van der Waals surface area (Å²) in [6.07, 6.45) is -0.244. The van der Waals surface area contributed by atoms with Gasteiger partial charge in [-0.2, -0.15) is 0 Å². The van der Waals surface area contributed by atoms with Crippen LogP contribution in [0.4, 0.5) is 0 Å². The van der Waals surface area contributed by atoms with Gasteiger partial charge in [-0.05, 0) is 43.8 Å². The van der Waals surface area contributed by atoms with Crippen LogP contribution in [-0.4, -0.2) is 0 Å². The van der Waals surface area contributed by atoms with Crippen LogP contribution in [0, 0.1) is 0 Å². The molecule has 1 heteroatoms. The monoisotopic (exact) mass is 372 g/mol. The standard InChI is InChI=1S/C28H20O/c1-3-9-21(10-4-1)27-23-15-7-13-19-17-18-20-14-8-16-24(26(20)25(19)23)28(29-27)22-11-5-2-6-12-22/h1-18,27-28H/t27-,28-/m1/s1.